The van der Waals surface area contributed by atoms with Crippen LogP contribution in [0.5, 0.6) is 0 Å². The van der Waals surface area contributed by atoms with Gasteiger partial charge >= 0.3 is 0 Å². The van der Waals surface area contributed by atoms with Crippen LogP contribution in [0.25, 0.3) is 0 Å². The highest BCUT2D eigenvalue weighted by Gasteiger charge is 2.34. The molecule has 0 aromatic heterocycles. The maximum absolute atomic E-state index is 11.0. The van der Waals surface area contributed by atoms with Crippen LogP contribution in [0.3, 0.4) is 0 Å². The Labute approximate surface area is 71.4 Å². The molecular formula is C8H11NOS. The Morgan fingerprint density at radius 3 is 2.91 bits per heavy atom. The third-order valence-corrected chi connectivity index (χ3v) is 3.31. The first-order chi connectivity index (χ1) is 5.27. The van der Waals surface area contributed by atoms with Crippen LogP contribution in [-0.2, 0) is 4.79 Å². The van der Waals surface area contributed by atoms with Crippen LogP contribution in [0.1, 0.15) is 19.3 Å². The molecule has 0 aromatic carbocycles. The van der Waals surface area contributed by atoms with Crippen LogP contribution in [-0.4, -0.2) is 17.3 Å². The van der Waals surface area contributed by atoms with E-state index in [1.165, 1.54) is 6.42 Å². The van der Waals surface area contributed by atoms with Gasteiger partial charge in [-0.1, -0.05) is 12.2 Å². The van der Waals surface area contributed by atoms with E-state index in [4.69, 9.17) is 12.2 Å². The van der Waals surface area contributed by atoms with Gasteiger partial charge in [0, 0.05) is 23.7 Å². The van der Waals surface area contributed by atoms with E-state index in [0.717, 1.165) is 17.8 Å². The molecule has 1 aliphatic heterocycles. The van der Waals surface area contributed by atoms with Crippen LogP contribution >= 0.6 is 12.2 Å². The van der Waals surface area contributed by atoms with Crippen molar-refractivity contribution in [2.75, 3.05) is 6.54 Å². The zero-order valence-electron chi connectivity index (χ0n) is 6.30. The van der Waals surface area contributed by atoms with Gasteiger partial charge in [0.25, 0.3) is 0 Å². The molecule has 0 spiro atoms. The summed E-state index contributed by atoms with van der Waals surface area (Å²) in [6, 6.07) is 0. The van der Waals surface area contributed by atoms with E-state index in [0.29, 0.717) is 18.3 Å². The highest BCUT2D eigenvalue weighted by molar-refractivity contribution is 7.80. The van der Waals surface area contributed by atoms with Crippen LogP contribution in [0.15, 0.2) is 0 Å². The number of hydrogen-bond acceptors (Lipinski definition) is 2. The lowest BCUT2D eigenvalue weighted by molar-refractivity contribution is -0.121. The van der Waals surface area contributed by atoms with Crippen molar-refractivity contribution in [1.29, 1.82) is 0 Å². The van der Waals surface area contributed by atoms with Crippen molar-refractivity contribution in [3.05, 3.63) is 0 Å². The van der Waals surface area contributed by atoms with Crippen LogP contribution in [0, 0.1) is 11.8 Å². The minimum atomic E-state index is 0.180. The lowest BCUT2D eigenvalue weighted by Gasteiger charge is -2.07. The van der Waals surface area contributed by atoms with E-state index in [1.54, 1.807) is 0 Å². The number of rotatable bonds is 0. The summed E-state index contributed by atoms with van der Waals surface area (Å²) in [7, 11) is 0. The average Bonchev–Trinajstić information content (AvgIpc) is 2.20. The molecule has 2 aliphatic rings. The summed E-state index contributed by atoms with van der Waals surface area (Å²) in [4.78, 5) is 12.2. The molecule has 0 radical (unpaired) electrons. The van der Waals surface area contributed by atoms with Crippen molar-refractivity contribution in [3.8, 4) is 0 Å². The SMILES string of the molecule is O=C1C[C@@H]2CC[C@@H](CN1)C2=S. The van der Waals surface area contributed by atoms with Crippen molar-refractivity contribution < 1.29 is 4.79 Å². The van der Waals surface area contributed by atoms with Crippen molar-refractivity contribution >= 4 is 23.0 Å². The van der Waals surface area contributed by atoms with E-state index >= 15 is 0 Å². The molecule has 2 bridgehead atoms. The second-order valence-electron chi connectivity index (χ2n) is 3.38. The molecule has 2 atom stereocenters. The van der Waals surface area contributed by atoms with Gasteiger partial charge in [0.15, 0.2) is 0 Å². The van der Waals surface area contributed by atoms with Crippen LogP contribution in [0.4, 0.5) is 0 Å². The Kier molecular flexibility index (Phi) is 1.68. The molecule has 1 N–H and O–H groups in total. The first-order valence-electron chi connectivity index (χ1n) is 4.08. The molecule has 0 unspecified atom stereocenters. The molecule has 1 saturated heterocycles. The van der Waals surface area contributed by atoms with Gasteiger partial charge in [-0.05, 0) is 18.8 Å². The standard InChI is InChI=1S/C8H11NOS/c10-7-3-5-1-2-6(4-9-7)8(5)11/h5-6H,1-4H2,(H,9,10)/t5-,6-/m0/s1. The van der Waals surface area contributed by atoms with E-state index in [1.807, 2.05) is 0 Å². The Bertz CT molecular complexity index is 214. The largest absolute Gasteiger partial charge is 0.355 e. The van der Waals surface area contributed by atoms with Crippen LogP contribution < -0.4 is 5.32 Å². The summed E-state index contributed by atoms with van der Waals surface area (Å²) >= 11 is 5.26. The lowest BCUT2D eigenvalue weighted by atomic mass is 10.0. The minimum Gasteiger partial charge on any atom is -0.355 e. The van der Waals surface area contributed by atoms with E-state index in [2.05, 4.69) is 5.32 Å². The molecule has 11 heavy (non-hydrogen) atoms. The number of carbonyl (C=O) groups excluding carboxylic acids is 1. The van der Waals surface area contributed by atoms with Gasteiger partial charge in [0.05, 0.1) is 0 Å². The predicted octanol–water partition coefficient (Wildman–Crippen LogP) is 0.902. The van der Waals surface area contributed by atoms with Crippen molar-refractivity contribution in [3.63, 3.8) is 0 Å². The maximum atomic E-state index is 11.0. The van der Waals surface area contributed by atoms with Gasteiger partial charge in [0.1, 0.15) is 0 Å². The van der Waals surface area contributed by atoms with E-state index in [-0.39, 0.29) is 5.91 Å². The molecule has 1 amide bonds. The maximum Gasteiger partial charge on any atom is 0.220 e. The minimum absolute atomic E-state index is 0.180. The third kappa shape index (κ3) is 1.18. The Balaban J connectivity index is 2.19. The Hall–Kier alpha value is -0.440. The van der Waals surface area contributed by atoms with Gasteiger partial charge in [0.2, 0.25) is 5.91 Å². The summed E-state index contributed by atoms with van der Waals surface area (Å²) in [6.07, 6.45) is 2.95. The fourth-order valence-electron chi connectivity index (χ4n) is 1.96. The number of carbonyl (C=O) groups is 1. The first-order valence-corrected chi connectivity index (χ1v) is 4.48. The summed E-state index contributed by atoms with van der Waals surface area (Å²) in [5, 5.41) is 2.88. The summed E-state index contributed by atoms with van der Waals surface area (Å²) < 4.78 is 0. The normalized spacial score (nSPS) is 36.7. The Morgan fingerprint density at radius 1 is 1.36 bits per heavy atom. The van der Waals surface area contributed by atoms with E-state index < -0.39 is 0 Å². The van der Waals surface area contributed by atoms with Crippen molar-refractivity contribution in [2.24, 2.45) is 11.8 Å². The predicted molar refractivity (Wildman–Crippen MR) is 46.4 cm³/mol. The number of nitrogens with one attached hydrogen (secondary N) is 1. The summed E-state index contributed by atoms with van der Waals surface area (Å²) in [5.41, 5.74) is 0. The molecule has 2 rings (SSSR count). The average molecular weight is 169 g/mol. The van der Waals surface area contributed by atoms with Gasteiger partial charge in [-0.25, -0.2) is 0 Å². The first kappa shape index (κ1) is 7.22. The third-order valence-electron chi connectivity index (χ3n) is 2.65. The van der Waals surface area contributed by atoms with Crippen molar-refractivity contribution in [2.45, 2.75) is 19.3 Å². The second-order valence-corrected chi connectivity index (χ2v) is 3.85. The van der Waals surface area contributed by atoms with Gasteiger partial charge in [-0.2, -0.15) is 0 Å². The molecule has 1 saturated carbocycles. The van der Waals surface area contributed by atoms with Crippen LogP contribution in [0.2, 0.25) is 0 Å². The molecule has 2 nitrogen and oxygen atoms in total. The molecular weight excluding hydrogens is 158 g/mol. The quantitative estimate of drug-likeness (QED) is 0.546. The molecule has 3 heteroatoms. The summed E-state index contributed by atoms with van der Waals surface area (Å²) in [5.74, 6) is 1.10. The monoisotopic (exact) mass is 169 g/mol. The Morgan fingerprint density at radius 2 is 2.09 bits per heavy atom. The zero-order valence-corrected chi connectivity index (χ0v) is 7.12. The van der Waals surface area contributed by atoms with Gasteiger partial charge in [-0.3, -0.25) is 4.79 Å². The number of hydrogen-bond donors (Lipinski definition) is 1. The fraction of sp³-hybridized carbons (Fsp3) is 0.750. The number of fused-ring (bicyclic) bond motifs is 2. The van der Waals surface area contributed by atoms with E-state index in [9.17, 15) is 4.79 Å². The lowest BCUT2D eigenvalue weighted by Crippen LogP contribution is -2.27. The smallest absolute Gasteiger partial charge is 0.220 e. The molecule has 1 aliphatic carbocycles. The molecule has 1 heterocycles. The zero-order chi connectivity index (χ0) is 7.84. The number of amides is 1. The van der Waals surface area contributed by atoms with Gasteiger partial charge in [-0.15, -0.1) is 0 Å². The highest BCUT2D eigenvalue weighted by Crippen LogP contribution is 2.32. The van der Waals surface area contributed by atoms with Gasteiger partial charge < -0.3 is 5.32 Å². The molecule has 0 aromatic rings. The van der Waals surface area contributed by atoms with Crippen molar-refractivity contribution in [1.82, 2.24) is 5.32 Å². The highest BCUT2D eigenvalue weighted by atomic mass is 32.1. The molecule has 2 fully saturated rings. The molecule has 60 valence electrons. The topological polar surface area (TPSA) is 29.1 Å². The summed E-state index contributed by atoms with van der Waals surface area (Å²) in [6.45, 7) is 0.786. The fourth-order valence-corrected chi connectivity index (χ4v) is 2.36. The number of thiocarbonyl (C=S) groups is 1. The second kappa shape index (κ2) is 2.55.